The third kappa shape index (κ3) is 3.51. The van der Waals surface area contributed by atoms with E-state index in [0.29, 0.717) is 17.1 Å². The molecule has 0 aliphatic rings. The van der Waals surface area contributed by atoms with Crippen LogP contribution >= 0.6 is 0 Å². The van der Waals surface area contributed by atoms with E-state index in [9.17, 15) is 20.1 Å². The number of rotatable bonds is 5. The summed E-state index contributed by atoms with van der Waals surface area (Å²) in [6.45, 7) is 0.0516. The Morgan fingerprint density at radius 3 is 2.47 bits per heavy atom. The van der Waals surface area contributed by atoms with Gasteiger partial charge in [0.25, 0.3) is 0 Å². The molecule has 0 amide bonds. The van der Waals surface area contributed by atoms with E-state index in [0.717, 1.165) is 5.56 Å². The van der Waals surface area contributed by atoms with Crippen LogP contribution in [0.5, 0.6) is 17.2 Å². The lowest BCUT2D eigenvalue weighted by molar-refractivity contribution is 0.162. The van der Waals surface area contributed by atoms with Crippen LogP contribution in [0.1, 0.15) is 5.76 Å². The zero-order valence-electron chi connectivity index (χ0n) is 15.9. The van der Waals surface area contributed by atoms with Crippen molar-refractivity contribution in [2.45, 2.75) is 6.61 Å². The number of hydrogen-bond acceptors (Lipinski definition) is 7. The number of nitrogens with one attached hydrogen (secondary N) is 1. The predicted molar refractivity (Wildman–Crippen MR) is 109 cm³/mol. The first-order valence-electron chi connectivity index (χ1n) is 9.01. The van der Waals surface area contributed by atoms with Gasteiger partial charge in [0.15, 0.2) is 17.3 Å². The molecule has 2 aromatic carbocycles. The number of H-pyrrole nitrogens is 1. The Kier molecular flexibility index (Phi) is 4.99. The monoisotopic (exact) mass is 406 g/mol. The standard InChI is InChI=1S/C22H18N2O6/c1-29-11-14-10-17(27)20(28)21(30-14)19-18(12-5-3-2-4-6-12)23-22(24-19)13-7-8-15(25)16(26)9-13/h2-10,25-26,28H,11H2,1H3,(H,23,24). The quantitative estimate of drug-likeness (QED) is 0.373. The summed E-state index contributed by atoms with van der Waals surface area (Å²) in [5, 5.41) is 29.8. The van der Waals surface area contributed by atoms with E-state index >= 15 is 0 Å². The number of aromatic hydroxyl groups is 3. The number of aromatic nitrogens is 2. The lowest BCUT2D eigenvalue weighted by atomic mass is 10.1. The summed E-state index contributed by atoms with van der Waals surface area (Å²) in [5.41, 5.74) is 1.32. The molecule has 0 aliphatic heterocycles. The van der Waals surface area contributed by atoms with Crippen molar-refractivity contribution in [1.29, 1.82) is 0 Å². The molecule has 4 aromatic rings. The molecule has 0 atom stereocenters. The van der Waals surface area contributed by atoms with Crippen molar-refractivity contribution in [3.8, 4) is 51.3 Å². The number of nitrogens with zero attached hydrogens (tertiary/aromatic N) is 1. The van der Waals surface area contributed by atoms with E-state index in [1.807, 2.05) is 30.3 Å². The molecule has 8 nitrogen and oxygen atoms in total. The topological polar surface area (TPSA) is 129 Å². The zero-order chi connectivity index (χ0) is 21.3. The van der Waals surface area contributed by atoms with Gasteiger partial charge in [0, 0.05) is 24.3 Å². The summed E-state index contributed by atoms with van der Waals surface area (Å²) in [5.74, 6) is -0.607. The van der Waals surface area contributed by atoms with Crippen molar-refractivity contribution in [3.63, 3.8) is 0 Å². The van der Waals surface area contributed by atoms with E-state index in [1.54, 1.807) is 6.07 Å². The molecule has 30 heavy (non-hydrogen) atoms. The smallest absolute Gasteiger partial charge is 0.227 e. The van der Waals surface area contributed by atoms with Crippen LogP contribution in [0.4, 0.5) is 0 Å². The van der Waals surface area contributed by atoms with Gasteiger partial charge >= 0.3 is 0 Å². The molecule has 152 valence electrons. The molecule has 0 fully saturated rings. The summed E-state index contributed by atoms with van der Waals surface area (Å²) in [6, 6.07) is 14.6. The molecular formula is C22H18N2O6. The Labute approximate surface area is 170 Å². The average molecular weight is 406 g/mol. The van der Waals surface area contributed by atoms with Gasteiger partial charge in [-0.2, -0.15) is 0 Å². The van der Waals surface area contributed by atoms with Gasteiger partial charge in [-0.3, -0.25) is 4.79 Å². The number of phenolic OH excluding ortho intramolecular Hbond substituents is 2. The van der Waals surface area contributed by atoms with Crippen molar-refractivity contribution in [1.82, 2.24) is 9.97 Å². The second kappa shape index (κ2) is 7.76. The summed E-state index contributed by atoms with van der Waals surface area (Å²) in [4.78, 5) is 19.9. The van der Waals surface area contributed by atoms with Gasteiger partial charge in [-0.25, -0.2) is 4.98 Å². The minimum absolute atomic E-state index is 0.0516. The lowest BCUT2D eigenvalue weighted by Gasteiger charge is -2.07. The van der Waals surface area contributed by atoms with Crippen LogP contribution < -0.4 is 5.43 Å². The molecule has 0 saturated carbocycles. The number of methoxy groups -OCH3 is 1. The first kappa shape index (κ1) is 19.3. The van der Waals surface area contributed by atoms with E-state index in [4.69, 9.17) is 9.15 Å². The Bertz CT molecular complexity index is 1260. The minimum atomic E-state index is -0.610. The fourth-order valence-electron chi connectivity index (χ4n) is 3.07. The molecule has 0 saturated heterocycles. The van der Waals surface area contributed by atoms with Crippen LogP contribution in [0.25, 0.3) is 34.1 Å². The van der Waals surface area contributed by atoms with Gasteiger partial charge in [0.05, 0.1) is 0 Å². The number of phenols is 2. The van der Waals surface area contributed by atoms with Crippen molar-refractivity contribution >= 4 is 0 Å². The third-order valence-corrected chi connectivity index (χ3v) is 4.49. The third-order valence-electron chi connectivity index (χ3n) is 4.49. The van der Waals surface area contributed by atoms with Crippen LogP contribution in [-0.2, 0) is 11.3 Å². The van der Waals surface area contributed by atoms with Crippen molar-refractivity contribution in [3.05, 3.63) is 70.6 Å². The Morgan fingerprint density at radius 2 is 1.77 bits per heavy atom. The predicted octanol–water partition coefficient (Wildman–Crippen LogP) is 3.63. The number of hydrogen-bond donors (Lipinski definition) is 4. The molecule has 0 aliphatic carbocycles. The van der Waals surface area contributed by atoms with Crippen LogP contribution in [-0.4, -0.2) is 32.4 Å². The molecule has 0 bridgehead atoms. The first-order chi connectivity index (χ1) is 14.5. The van der Waals surface area contributed by atoms with Gasteiger partial charge in [0.1, 0.15) is 29.6 Å². The van der Waals surface area contributed by atoms with E-state index in [-0.39, 0.29) is 35.3 Å². The average Bonchev–Trinajstić information content (AvgIpc) is 3.18. The highest BCUT2D eigenvalue weighted by Gasteiger charge is 2.22. The van der Waals surface area contributed by atoms with E-state index in [2.05, 4.69) is 9.97 Å². The summed E-state index contributed by atoms with van der Waals surface area (Å²) in [7, 11) is 1.47. The number of ether oxygens (including phenoxy) is 1. The van der Waals surface area contributed by atoms with Crippen molar-refractivity contribution < 1.29 is 24.5 Å². The molecule has 0 spiro atoms. The highest BCUT2D eigenvalue weighted by atomic mass is 16.5. The molecule has 2 aromatic heterocycles. The van der Waals surface area contributed by atoms with Gasteiger partial charge < -0.3 is 29.5 Å². The number of aromatic amines is 1. The molecule has 4 rings (SSSR count). The highest BCUT2D eigenvalue weighted by molar-refractivity contribution is 5.81. The molecule has 4 N–H and O–H groups in total. The Balaban J connectivity index is 1.96. The zero-order valence-corrected chi connectivity index (χ0v) is 15.9. The lowest BCUT2D eigenvalue weighted by Crippen LogP contribution is -2.04. The van der Waals surface area contributed by atoms with Gasteiger partial charge in [-0.1, -0.05) is 30.3 Å². The maximum Gasteiger partial charge on any atom is 0.227 e. The largest absolute Gasteiger partial charge is 0.504 e. The second-order valence-corrected chi connectivity index (χ2v) is 6.57. The highest BCUT2D eigenvalue weighted by Crippen LogP contribution is 2.37. The maximum atomic E-state index is 12.3. The number of benzene rings is 2. The van der Waals surface area contributed by atoms with Gasteiger partial charge in [-0.05, 0) is 18.2 Å². The first-order valence-corrected chi connectivity index (χ1v) is 9.01. The Morgan fingerprint density at radius 1 is 1.00 bits per heavy atom. The molecule has 0 unspecified atom stereocenters. The molecule has 8 heteroatoms. The SMILES string of the molecule is COCc1cc(=O)c(O)c(-c2[nH]c(-c3ccc(O)c(O)c3)nc2-c2ccccc2)o1. The normalized spacial score (nSPS) is 11.0. The maximum absolute atomic E-state index is 12.3. The summed E-state index contributed by atoms with van der Waals surface area (Å²) in [6.07, 6.45) is 0. The van der Waals surface area contributed by atoms with Crippen molar-refractivity contribution in [2.75, 3.05) is 7.11 Å². The fourth-order valence-corrected chi connectivity index (χ4v) is 3.07. The van der Waals surface area contributed by atoms with E-state index < -0.39 is 11.2 Å². The van der Waals surface area contributed by atoms with Gasteiger partial charge in [-0.15, -0.1) is 0 Å². The second-order valence-electron chi connectivity index (χ2n) is 6.57. The van der Waals surface area contributed by atoms with Gasteiger partial charge in [0.2, 0.25) is 11.2 Å². The van der Waals surface area contributed by atoms with Crippen LogP contribution in [0, 0.1) is 0 Å². The molecule has 0 radical (unpaired) electrons. The summed E-state index contributed by atoms with van der Waals surface area (Å²) >= 11 is 0. The van der Waals surface area contributed by atoms with Crippen molar-refractivity contribution in [2.24, 2.45) is 0 Å². The van der Waals surface area contributed by atoms with E-state index in [1.165, 1.54) is 25.3 Å². The van der Waals surface area contributed by atoms with Crippen LogP contribution in [0.15, 0.2) is 63.8 Å². The Hall–Kier alpha value is -4.04. The van der Waals surface area contributed by atoms with Crippen LogP contribution in [0.3, 0.4) is 0 Å². The summed E-state index contributed by atoms with van der Waals surface area (Å²) < 4.78 is 10.8. The molecular weight excluding hydrogens is 388 g/mol. The molecule has 2 heterocycles. The van der Waals surface area contributed by atoms with Crippen LogP contribution in [0.2, 0.25) is 0 Å². The number of imidazole rings is 1. The minimum Gasteiger partial charge on any atom is -0.504 e. The fraction of sp³-hybridized carbons (Fsp3) is 0.0909.